The molecule has 3 aromatic carbocycles. The molecule has 3 heterocycles. The number of aryl methyl sites for hydroxylation is 2. The van der Waals surface area contributed by atoms with Gasteiger partial charge in [0.1, 0.15) is 0 Å². The highest BCUT2D eigenvalue weighted by molar-refractivity contribution is 7.22. The van der Waals surface area contributed by atoms with Crippen LogP contribution in [0.3, 0.4) is 0 Å². The van der Waals surface area contributed by atoms with E-state index >= 15 is 0 Å². The summed E-state index contributed by atoms with van der Waals surface area (Å²) < 4.78 is 8.97. The molecule has 5 aromatic rings. The SMILES string of the molecule is Cc1cc2nc(N3CCNC(c4ccc5c(cnn5C)c4)C3)sc2c(-c2ccc(Cl)cc2)c1C(OC(C)(C)C)C(=O)O. The largest absolute Gasteiger partial charge is 0.479 e. The summed E-state index contributed by atoms with van der Waals surface area (Å²) in [4.78, 5) is 20.0. The number of fused-ring (bicyclic) bond motifs is 2. The first-order valence-corrected chi connectivity index (χ1v) is 15.2. The molecule has 2 N–H and O–H groups in total. The topological polar surface area (TPSA) is 92.5 Å². The maximum Gasteiger partial charge on any atom is 0.337 e. The average molecular weight is 604 g/mol. The Morgan fingerprint density at radius 3 is 2.67 bits per heavy atom. The predicted molar refractivity (Wildman–Crippen MR) is 170 cm³/mol. The van der Waals surface area contributed by atoms with E-state index in [1.54, 1.807) is 11.3 Å². The van der Waals surface area contributed by atoms with Crippen LogP contribution in [0.15, 0.2) is 54.7 Å². The van der Waals surface area contributed by atoms with Crippen LogP contribution in [-0.2, 0) is 16.6 Å². The minimum atomic E-state index is -1.14. The number of benzene rings is 3. The Balaban J connectivity index is 1.44. The minimum absolute atomic E-state index is 0.139. The lowest BCUT2D eigenvalue weighted by molar-refractivity contribution is -0.160. The van der Waals surface area contributed by atoms with Crippen molar-refractivity contribution in [3.05, 3.63) is 76.4 Å². The van der Waals surface area contributed by atoms with Gasteiger partial charge in [-0.25, -0.2) is 9.78 Å². The van der Waals surface area contributed by atoms with E-state index in [0.29, 0.717) is 10.6 Å². The summed E-state index contributed by atoms with van der Waals surface area (Å²) in [6.45, 7) is 9.95. The first-order valence-electron chi connectivity index (χ1n) is 14.0. The maximum atomic E-state index is 12.6. The highest BCUT2D eigenvalue weighted by Gasteiger charge is 2.33. The van der Waals surface area contributed by atoms with Crippen LogP contribution in [0.1, 0.15) is 49.6 Å². The Labute approximate surface area is 253 Å². The van der Waals surface area contributed by atoms with Gasteiger partial charge in [0.15, 0.2) is 11.2 Å². The number of carbonyl (C=O) groups is 1. The van der Waals surface area contributed by atoms with Crippen LogP contribution < -0.4 is 10.2 Å². The molecule has 1 aliphatic rings. The molecule has 10 heteroatoms. The van der Waals surface area contributed by atoms with Gasteiger partial charge in [-0.15, -0.1) is 0 Å². The maximum absolute atomic E-state index is 12.6. The van der Waals surface area contributed by atoms with Crippen molar-refractivity contribution in [3.8, 4) is 11.1 Å². The number of rotatable bonds is 6. The lowest BCUT2D eigenvalue weighted by Gasteiger charge is -2.33. The third-order valence-electron chi connectivity index (χ3n) is 7.63. The summed E-state index contributed by atoms with van der Waals surface area (Å²) in [5.41, 5.74) is 5.68. The van der Waals surface area contributed by atoms with Crippen molar-refractivity contribution in [2.45, 2.75) is 45.4 Å². The third-order valence-corrected chi connectivity index (χ3v) is 9.03. The van der Waals surface area contributed by atoms with Crippen molar-refractivity contribution in [2.24, 2.45) is 7.05 Å². The van der Waals surface area contributed by atoms with Gasteiger partial charge in [-0.2, -0.15) is 5.10 Å². The van der Waals surface area contributed by atoms with E-state index in [1.807, 2.05) is 76.0 Å². The zero-order chi connectivity index (χ0) is 29.8. The monoisotopic (exact) mass is 603 g/mol. The van der Waals surface area contributed by atoms with Crippen molar-refractivity contribution in [3.63, 3.8) is 0 Å². The molecule has 6 rings (SSSR count). The summed E-state index contributed by atoms with van der Waals surface area (Å²) in [5, 5.41) is 21.0. The number of carboxylic acid groups (broad SMARTS) is 1. The Hall–Kier alpha value is -3.50. The Bertz CT molecular complexity index is 1790. The second kappa shape index (κ2) is 11.0. The van der Waals surface area contributed by atoms with Gasteiger partial charge >= 0.3 is 5.97 Å². The van der Waals surface area contributed by atoms with E-state index in [2.05, 4.69) is 33.5 Å². The molecule has 2 atom stereocenters. The predicted octanol–water partition coefficient (Wildman–Crippen LogP) is 6.90. The Morgan fingerprint density at radius 2 is 1.95 bits per heavy atom. The fourth-order valence-corrected chi connectivity index (χ4v) is 6.99. The molecule has 0 amide bonds. The summed E-state index contributed by atoms with van der Waals surface area (Å²) >= 11 is 7.84. The molecule has 1 aliphatic heterocycles. The third kappa shape index (κ3) is 5.49. The van der Waals surface area contributed by atoms with E-state index in [0.717, 1.165) is 62.6 Å². The van der Waals surface area contributed by atoms with E-state index in [1.165, 1.54) is 5.56 Å². The first kappa shape index (κ1) is 28.6. The number of nitrogens with one attached hydrogen (secondary N) is 1. The highest BCUT2D eigenvalue weighted by Crippen LogP contribution is 2.44. The number of hydrogen-bond donors (Lipinski definition) is 2. The molecular weight excluding hydrogens is 570 g/mol. The molecule has 0 radical (unpaired) electrons. The molecule has 0 spiro atoms. The summed E-state index contributed by atoms with van der Waals surface area (Å²) in [5.74, 6) is -1.03. The van der Waals surface area contributed by atoms with E-state index in [9.17, 15) is 9.90 Å². The summed E-state index contributed by atoms with van der Waals surface area (Å²) in [6.07, 6.45) is 0.760. The number of halogens is 1. The van der Waals surface area contributed by atoms with Gasteiger partial charge in [0.2, 0.25) is 0 Å². The van der Waals surface area contributed by atoms with Crippen LogP contribution in [0.2, 0.25) is 5.02 Å². The lowest BCUT2D eigenvalue weighted by Crippen LogP contribution is -2.45. The second-order valence-electron chi connectivity index (χ2n) is 11.8. The first-order chi connectivity index (χ1) is 20.0. The zero-order valence-electron chi connectivity index (χ0n) is 24.3. The van der Waals surface area contributed by atoms with Crippen LogP contribution in [0.25, 0.3) is 32.2 Å². The lowest BCUT2D eigenvalue weighted by atomic mass is 9.91. The van der Waals surface area contributed by atoms with Gasteiger partial charge in [-0.05, 0) is 74.7 Å². The molecular formula is C32H34ClN5O3S. The van der Waals surface area contributed by atoms with Crippen molar-refractivity contribution in [1.29, 1.82) is 0 Å². The molecule has 42 heavy (non-hydrogen) atoms. The molecule has 1 fully saturated rings. The van der Waals surface area contributed by atoms with Crippen molar-refractivity contribution in [1.82, 2.24) is 20.1 Å². The summed E-state index contributed by atoms with van der Waals surface area (Å²) in [6, 6.07) is 16.2. The number of ether oxygens (including phenoxy) is 1. The normalized spacial score (nSPS) is 16.8. The molecule has 8 nitrogen and oxygen atoms in total. The van der Waals surface area contributed by atoms with E-state index in [4.69, 9.17) is 21.3 Å². The molecule has 0 saturated carbocycles. The molecule has 2 unspecified atom stereocenters. The van der Waals surface area contributed by atoms with Crippen LogP contribution >= 0.6 is 22.9 Å². The Morgan fingerprint density at radius 1 is 1.19 bits per heavy atom. The number of aliphatic carboxylic acids is 1. The highest BCUT2D eigenvalue weighted by atomic mass is 35.5. The van der Waals surface area contributed by atoms with Crippen LogP contribution in [-0.4, -0.2) is 51.1 Å². The van der Waals surface area contributed by atoms with Crippen LogP contribution in [0, 0.1) is 6.92 Å². The smallest absolute Gasteiger partial charge is 0.337 e. The number of aromatic nitrogens is 3. The average Bonchev–Trinajstić information content (AvgIpc) is 3.54. The minimum Gasteiger partial charge on any atom is -0.479 e. The summed E-state index contributed by atoms with van der Waals surface area (Å²) in [7, 11) is 1.95. The van der Waals surface area contributed by atoms with E-state index < -0.39 is 17.7 Å². The number of carboxylic acids is 1. The standard InChI is InChI=1S/C32H34ClN5O3S/c1-18-14-23-29(27(19-6-9-22(33)10-7-19)26(18)28(30(39)40)41-32(2,3)4)42-31(36-23)38-13-12-34-24(17-38)20-8-11-25-21(15-20)16-35-37(25)5/h6-11,14-16,24,28,34H,12-13,17H2,1-5H3,(H,39,40). The molecule has 218 valence electrons. The van der Waals surface area contributed by atoms with Gasteiger partial charge < -0.3 is 20.1 Å². The van der Waals surface area contributed by atoms with Crippen molar-refractivity contribution in [2.75, 3.05) is 24.5 Å². The van der Waals surface area contributed by atoms with Gasteiger partial charge in [-0.3, -0.25) is 4.68 Å². The zero-order valence-corrected chi connectivity index (χ0v) is 25.9. The number of nitrogens with zero attached hydrogens (tertiary/aromatic N) is 4. The van der Waals surface area contributed by atoms with Gasteiger partial charge in [-0.1, -0.05) is 41.1 Å². The number of piperazine rings is 1. The number of hydrogen-bond acceptors (Lipinski definition) is 7. The van der Waals surface area contributed by atoms with Gasteiger partial charge in [0.25, 0.3) is 0 Å². The van der Waals surface area contributed by atoms with Gasteiger partial charge in [0.05, 0.1) is 27.5 Å². The second-order valence-corrected chi connectivity index (χ2v) is 13.2. The van der Waals surface area contributed by atoms with E-state index in [-0.39, 0.29) is 6.04 Å². The van der Waals surface area contributed by atoms with Crippen LogP contribution in [0.5, 0.6) is 0 Å². The number of thiazole rings is 1. The molecule has 0 aliphatic carbocycles. The Kier molecular flexibility index (Phi) is 7.47. The molecule has 2 aromatic heterocycles. The van der Waals surface area contributed by atoms with Gasteiger partial charge in [0, 0.05) is 54.3 Å². The fourth-order valence-electron chi connectivity index (χ4n) is 5.71. The van der Waals surface area contributed by atoms with Crippen molar-refractivity contribution >= 4 is 55.2 Å². The molecule has 1 saturated heterocycles. The quantitative estimate of drug-likeness (QED) is 0.218. The van der Waals surface area contributed by atoms with Crippen molar-refractivity contribution < 1.29 is 14.6 Å². The van der Waals surface area contributed by atoms with Crippen LogP contribution in [0.4, 0.5) is 5.13 Å². The molecule has 0 bridgehead atoms. The fraction of sp³-hybridized carbons (Fsp3) is 0.344. The number of anilines is 1.